The minimum Gasteiger partial charge on any atom is -0.462 e. The number of carbonyl (C=O) groups is 1. The normalized spacial score (nSPS) is 10.0. The maximum absolute atomic E-state index is 9.94. The highest BCUT2D eigenvalue weighted by molar-refractivity contribution is 7.12. The third-order valence-corrected chi connectivity index (χ3v) is 3.37. The molecular weight excluding hydrogens is 231 g/mol. The van der Waals surface area contributed by atoms with Gasteiger partial charge in [0.15, 0.2) is 0 Å². The molecular formula is C8H8Cl2O2S. The first kappa shape index (κ1) is 10.8. The summed E-state index contributed by atoms with van der Waals surface area (Å²) in [6.07, 6.45) is 0. The molecule has 0 fully saturated rings. The van der Waals surface area contributed by atoms with Crippen LogP contribution in [-0.4, -0.2) is 6.47 Å². The molecule has 1 aromatic rings. The Labute approximate surface area is 90.4 Å². The third-order valence-electron chi connectivity index (χ3n) is 1.51. The predicted molar refractivity (Wildman–Crippen MR) is 54.3 cm³/mol. The minimum absolute atomic E-state index is 0.301. The molecule has 0 saturated heterocycles. The van der Waals surface area contributed by atoms with Crippen molar-refractivity contribution >= 4 is 41.0 Å². The van der Waals surface area contributed by atoms with E-state index in [1.54, 1.807) is 0 Å². The number of thiophene rings is 1. The molecule has 0 radical (unpaired) electrons. The first-order chi connectivity index (χ1) is 6.31. The second kappa shape index (κ2) is 5.47. The maximum atomic E-state index is 9.94. The number of halogens is 2. The minimum atomic E-state index is 0.301. The summed E-state index contributed by atoms with van der Waals surface area (Å²) < 4.78 is 4.62. The van der Waals surface area contributed by atoms with Crippen molar-refractivity contribution in [2.75, 3.05) is 0 Å². The van der Waals surface area contributed by atoms with Gasteiger partial charge in [-0.2, -0.15) is 0 Å². The Hall–Kier alpha value is -0.250. The van der Waals surface area contributed by atoms with Crippen molar-refractivity contribution in [2.24, 2.45) is 0 Å². The summed E-state index contributed by atoms with van der Waals surface area (Å²) in [5.41, 5.74) is 1.02. The predicted octanol–water partition coefficient (Wildman–Crippen LogP) is 2.90. The molecule has 1 rings (SSSR count). The van der Waals surface area contributed by atoms with E-state index in [1.165, 1.54) is 11.3 Å². The first-order valence-electron chi connectivity index (χ1n) is 3.59. The van der Waals surface area contributed by atoms with Crippen molar-refractivity contribution in [3.63, 3.8) is 0 Å². The number of ether oxygens (including phenoxy) is 1. The first-order valence-corrected chi connectivity index (χ1v) is 5.48. The monoisotopic (exact) mass is 238 g/mol. The lowest BCUT2D eigenvalue weighted by atomic mass is 10.3. The molecule has 0 aliphatic carbocycles. The lowest BCUT2D eigenvalue weighted by Crippen LogP contribution is -1.85. The number of hydrogen-bond acceptors (Lipinski definition) is 3. The lowest BCUT2D eigenvalue weighted by molar-refractivity contribution is -0.129. The Morgan fingerprint density at radius 1 is 1.46 bits per heavy atom. The van der Waals surface area contributed by atoms with E-state index < -0.39 is 0 Å². The summed E-state index contributed by atoms with van der Waals surface area (Å²) in [7, 11) is 0. The van der Waals surface area contributed by atoms with Gasteiger partial charge in [-0.05, 0) is 11.6 Å². The Morgan fingerprint density at radius 2 is 2.23 bits per heavy atom. The molecule has 0 unspecified atom stereocenters. The van der Waals surface area contributed by atoms with Crippen LogP contribution < -0.4 is 0 Å². The summed E-state index contributed by atoms with van der Waals surface area (Å²) in [5, 5.41) is 0. The van der Waals surface area contributed by atoms with Gasteiger partial charge >= 0.3 is 0 Å². The maximum Gasteiger partial charge on any atom is 0.293 e. The summed E-state index contributed by atoms with van der Waals surface area (Å²) >= 11 is 12.9. The lowest BCUT2D eigenvalue weighted by Gasteiger charge is -1.91. The van der Waals surface area contributed by atoms with Crippen molar-refractivity contribution in [1.82, 2.24) is 0 Å². The van der Waals surface area contributed by atoms with Crippen molar-refractivity contribution in [2.45, 2.75) is 18.4 Å². The fourth-order valence-electron chi connectivity index (χ4n) is 0.942. The third kappa shape index (κ3) is 2.86. The van der Waals surface area contributed by atoms with Crippen LogP contribution in [0.3, 0.4) is 0 Å². The zero-order chi connectivity index (χ0) is 9.68. The molecule has 0 aliphatic heterocycles. The van der Waals surface area contributed by atoms with Crippen molar-refractivity contribution in [1.29, 1.82) is 0 Å². The van der Waals surface area contributed by atoms with E-state index in [9.17, 15) is 4.79 Å². The van der Waals surface area contributed by atoms with Crippen LogP contribution in [0.2, 0.25) is 0 Å². The standard InChI is InChI=1S/C8H8Cl2O2S/c9-2-6-1-7(4-12-5-11)13-8(6)3-10/h1,5H,2-4H2. The van der Waals surface area contributed by atoms with Gasteiger partial charge in [0.25, 0.3) is 6.47 Å². The van der Waals surface area contributed by atoms with E-state index in [2.05, 4.69) is 4.74 Å². The summed E-state index contributed by atoms with van der Waals surface area (Å²) in [6.45, 7) is 0.732. The van der Waals surface area contributed by atoms with Gasteiger partial charge in [0.2, 0.25) is 0 Å². The van der Waals surface area contributed by atoms with Crippen molar-refractivity contribution in [3.05, 3.63) is 21.4 Å². The van der Waals surface area contributed by atoms with E-state index in [4.69, 9.17) is 23.2 Å². The highest BCUT2D eigenvalue weighted by atomic mass is 35.5. The van der Waals surface area contributed by atoms with Crippen molar-refractivity contribution < 1.29 is 9.53 Å². The number of carbonyl (C=O) groups excluding carboxylic acids is 1. The highest BCUT2D eigenvalue weighted by Crippen LogP contribution is 2.26. The quantitative estimate of drug-likeness (QED) is 0.583. The van der Waals surface area contributed by atoms with Gasteiger partial charge in [-0.1, -0.05) is 0 Å². The molecule has 0 spiro atoms. The van der Waals surface area contributed by atoms with Gasteiger partial charge in [0.05, 0.1) is 5.88 Å². The molecule has 1 heterocycles. The average Bonchev–Trinajstić information content (AvgIpc) is 2.57. The van der Waals surface area contributed by atoms with Crippen molar-refractivity contribution in [3.8, 4) is 0 Å². The zero-order valence-corrected chi connectivity index (χ0v) is 9.09. The fourth-order valence-corrected chi connectivity index (χ4v) is 2.56. The molecule has 0 bridgehead atoms. The zero-order valence-electron chi connectivity index (χ0n) is 6.76. The van der Waals surface area contributed by atoms with Gasteiger partial charge < -0.3 is 4.74 Å². The SMILES string of the molecule is O=COCc1cc(CCl)c(CCl)s1. The van der Waals surface area contributed by atoms with Gasteiger partial charge in [0, 0.05) is 15.6 Å². The molecule has 0 aliphatic rings. The molecule has 1 aromatic heterocycles. The van der Waals surface area contributed by atoms with Crippen LogP contribution in [0.15, 0.2) is 6.07 Å². The molecule has 0 amide bonds. The Balaban J connectivity index is 2.73. The summed E-state index contributed by atoms with van der Waals surface area (Å²) in [5.74, 6) is 0.896. The molecule has 5 heteroatoms. The van der Waals surface area contributed by atoms with Gasteiger partial charge in [-0.25, -0.2) is 0 Å². The molecule has 0 N–H and O–H groups in total. The molecule has 0 aromatic carbocycles. The van der Waals surface area contributed by atoms with E-state index in [0.717, 1.165) is 15.3 Å². The topological polar surface area (TPSA) is 26.3 Å². The fraction of sp³-hybridized carbons (Fsp3) is 0.375. The molecule has 0 saturated carbocycles. The second-order valence-electron chi connectivity index (χ2n) is 2.34. The van der Waals surface area contributed by atoms with E-state index in [-0.39, 0.29) is 0 Å². The summed E-state index contributed by atoms with van der Waals surface area (Å²) in [6, 6.07) is 1.92. The average molecular weight is 239 g/mol. The van der Waals surface area contributed by atoms with Crippen LogP contribution in [0.4, 0.5) is 0 Å². The number of alkyl halides is 2. The van der Waals surface area contributed by atoms with Gasteiger partial charge in [0.1, 0.15) is 6.61 Å². The van der Waals surface area contributed by atoms with E-state index in [0.29, 0.717) is 24.8 Å². The Bertz CT molecular complexity index is 264. The molecule has 72 valence electrons. The Kier molecular flexibility index (Phi) is 4.56. The van der Waals surface area contributed by atoms with Gasteiger partial charge in [-0.3, -0.25) is 4.79 Å². The van der Waals surface area contributed by atoms with Crippen LogP contribution in [0.1, 0.15) is 15.3 Å². The number of hydrogen-bond donors (Lipinski definition) is 0. The largest absolute Gasteiger partial charge is 0.462 e. The van der Waals surface area contributed by atoms with E-state index in [1.807, 2.05) is 6.07 Å². The molecule has 2 nitrogen and oxygen atoms in total. The van der Waals surface area contributed by atoms with E-state index >= 15 is 0 Å². The molecule has 13 heavy (non-hydrogen) atoms. The van der Waals surface area contributed by atoms with Gasteiger partial charge in [-0.15, -0.1) is 34.5 Å². The second-order valence-corrected chi connectivity index (χ2v) is 4.09. The highest BCUT2D eigenvalue weighted by Gasteiger charge is 2.07. The van der Waals surface area contributed by atoms with Crippen LogP contribution in [0, 0.1) is 0 Å². The smallest absolute Gasteiger partial charge is 0.293 e. The molecule has 0 atom stereocenters. The number of rotatable bonds is 5. The van der Waals surface area contributed by atoms with Crippen LogP contribution in [0.5, 0.6) is 0 Å². The van der Waals surface area contributed by atoms with Crippen LogP contribution in [0.25, 0.3) is 0 Å². The van der Waals surface area contributed by atoms with Crippen LogP contribution >= 0.6 is 34.5 Å². The summed E-state index contributed by atoms with van der Waals surface area (Å²) in [4.78, 5) is 12.0. The Morgan fingerprint density at radius 3 is 2.69 bits per heavy atom. The van der Waals surface area contributed by atoms with Crippen LogP contribution in [-0.2, 0) is 27.9 Å².